The summed E-state index contributed by atoms with van der Waals surface area (Å²) in [6, 6.07) is 4.00. The maximum Gasteiger partial charge on any atom is 0.338 e. The number of carbonyl (C=O) groups excluding carboxylic acids is 2. The minimum atomic E-state index is -0.733. The summed E-state index contributed by atoms with van der Waals surface area (Å²) in [7, 11) is 0. The van der Waals surface area contributed by atoms with Gasteiger partial charge < -0.3 is 40.1 Å². The van der Waals surface area contributed by atoms with Crippen LogP contribution in [0.25, 0.3) is 0 Å². The van der Waals surface area contributed by atoms with E-state index < -0.39 is 46.4 Å². The van der Waals surface area contributed by atoms with E-state index in [1.165, 1.54) is 0 Å². The number of esters is 2. The normalized spacial score (nSPS) is 10.6. The summed E-state index contributed by atoms with van der Waals surface area (Å²) in [4.78, 5) is 23.7. The van der Waals surface area contributed by atoms with E-state index in [4.69, 9.17) is 9.47 Å². The standard InChI is InChI=1S/C21H24O10/c22-14-8-12(9-15(23)18(14)26)20(28)30-6-4-2-1-3-5-7-31-21(29)13-10-16(24)19(27)17(25)11-13/h8-11,22-27H,1-7H2. The molecule has 0 radical (unpaired) electrons. The van der Waals surface area contributed by atoms with Crippen molar-refractivity contribution in [3.8, 4) is 34.5 Å². The molecule has 10 heteroatoms. The molecular formula is C21H24O10. The summed E-state index contributed by atoms with van der Waals surface area (Å²) >= 11 is 0. The van der Waals surface area contributed by atoms with Gasteiger partial charge >= 0.3 is 11.9 Å². The number of aromatic hydroxyl groups is 6. The SMILES string of the molecule is O=C(OCCCCCCCOC(=O)c1cc(O)c(O)c(O)c1)c1cc(O)c(O)c(O)c1. The van der Waals surface area contributed by atoms with Gasteiger partial charge in [0.2, 0.25) is 0 Å². The van der Waals surface area contributed by atoms with Crippen LogP contribution in [-0.4, -0.2) is 55.8 Å². The van der Waals surface area contributed by atoms with Gasteiger partial charge in [0.15, 0.2) is 34.5 Å². The Morgan fingerprint density at radius 1 is 0.548 bits per heavy atom. The first kappa shape index (κ1) is 23.5. The lowest BCUT2D eigenvalue weighted by molar-refractivity contribution is 0.0495. The Morgan fingerprint density at radius 2 is 0.839 bits per heavy atom. The Labute approximate surface area is 177 Å². The second-order valence-corrected chi connectivity index (χ2v) is 6.77. The van der Waals surface area contributed by atoms with E-state index in [0.717, 1.165) is 43.5 Å². The summed E-state index contributed by atoms with van der Waals surface area (Å²) < 4.78 is 10.1. The average Bonchev–Trinajstić information content (AvgIpc) is 2.73. The molecule has 0 spiro atoms. The number of hydrogen-bond acceptors (Lipinski definition) is 10. The quantitative estimate of drug-likeness (QED) is 0.185. The molecule has 2 aromatic rings. The predicted molar refractivity (Wildman–Crippen MR) is 107 cm³/mol. The monoisotopic (exact) mass is 436 g/mol. The van der Waals surface area contributed by atoms with Crippen LogP contribution in [0.4, 0.5) is 0 Å². The van der Waals surface area contributed by atoms with Gasteiger partial charge in [0, 0.05) is 0 Å². The van der Waals surface area contributed by atoms with Crippen molar-refractivity contribution in [2.45, 2.75) is 32.1 Å². The fourth-order valence-corrected chi connectivity index (χ4v) is 2.67. The molecule has 0 amide bonds. The van der Waals surface area contributed by atoms with E-state index >= 15 is 0 Å². The highest BCUT2D eigenvalue weighted by molar-refractivity contribution is 5.91. The van der Waals surface area contributed by atoms with Gasteiger partial charge in [-0.05, 0) is 37.1 Å². The highest BCUT2D eigenvalue weighted by atomic mass is 16.5. The summed E-state index contributed by atoms with van der Waals surface area (Å²) in [6.07, 6.45) is 3.50. The molecule has 0 aliphatic heterocycles. The first-order chi connectivity index (χ1) is 14.7. The van der Waals surface area contributed by atoms with Crippen LogP contribution in [0.1, 0.15) is 52.8 Å². The number of phenolic OH excluding ortho intramolecular Hbond substituents is 6. The molecule has 2 rings (SSSR count). The van der Waals surface area contributed by atoms with Crippen molar-refractivity contribution in [3.05, 3.63) is 35.4 Å². The summed E-state index contributed by atoms with van der Waals surface area (Å²) in [5, 5.41) is 56.1. The second kappa shape index (κ2) is 10.8. The van der Waals surface area contributed by atoms with Gasteiger partial charge in [0.05, 0.1) is 24.3 Å². The number of unbranched alkanes of at least 4 members (excludes halogenated alkanes) is 4. The van der Waals surface area contributed by atoms with Crippen molar-refractivity contribution in [2.75, 3.05) is 13.2 Å². The van der Waals surface area contributed by atoms with Gasteiger partial charge in [-0.15, -0.1) is 0 Å². The van der Waals surface area contributed by atoms with Crippen molar-refractivity contribution in [1.82, 2.24) is 0 Å². The fraction of sp³-hybridized carbons (Fsp3) is 0.333. The second-order valence-electron chi connectivity index (χ2n) is 6.77. The smallest absolute Gasteiger partial charge is 0.338 e. The third kappa shape index (κ3) is 6.59. The Morgan fingerprint density at radius 3 is 1.16 bits per heavy atom. The molecule has 0 saturated carbocycles. The van der Waals surface area contributed by atoms with Gasteiger partial charge in [-0.3, -0.25) is 0 Å². The zero-order valence-corrected chi connectivity index (χ0v) is 16.6. The van der Waals surface area contributed by atoms with E-state index in [0.29, 0.717) is 12.8 Å². The van der Waals surface area contributed by atoms with Crippen molar-refractivity contribution in [2.24, 2.45) is 0 Å². The molecule has 0 saturated heterocycles. The van der Waals surface area contributed by atoms with Gasteiger partial charge in [0.25, 0.3) is 0 Å². The van der Waals surface area contributed by atoms with Crippen LogP contribution < -0.4 is 0 Å². The zero-order valence-electron chi connectivity index (χ0n) is 16.6. The molecule has 0 aromatic heterocycles. The summed E-state index contributed by atoms with van der Waals surface area (Å²) in [5.74, 6) is -5.35. The molecule has 0 fully saturated rings. The molecular weight excluding hydrogens is 412 g/mol. The zero-order chi connectivity index (χ0) is 23.0. The van der Waals surface area contributed by atoms with Crippen LogP contribution in [0.3, 0.4) is 0 Å². The molecule has 168 valence electrons. The van der Waals surface area contributed by atoms with E-state index in [1.807, 2.05) is 0 Å². The van der Waals surface area contributed by atoms with E-state index in [-0.39, 0.29) is 24.3 Å². The number of hydrogen-bond donors (Lipinski definition) is 6. The van der Waals surface area contributed by atoms with Crippen LogP contribution in [0.5, 0.6) is 34.5 Å². The van der Waals surface area contributed by atoms with Crippen molar-refractivity contribution in [1.29, 1.82) is 0 Å². The lowest BCUT2D eigenvalue weighted by atomic mass is 10.1. The highest BCUT2D eigenvalue weighted by Crippen LogP contribution is 2.36. The third-order valence-electron chi connectivity index (χ3n) is 4.37. The summed E-state index contributed by atoms with van der Waals surface area (Å²) in [6.45, 7) is 0.286. The van der Waals surface area contributed by atoms with Crippen molar-refractivity contribution in [3.63, 3.8) is 0 Å². The predicted octanol–water partition coefficient (Wildman–Crippen LogP) is 2.88. The van der Waals surface area contributed by atoms with E-state index in [2.05, 4.69) is 0 Å². The van der Waals surface area contributed by atoms with E-state index in [1.54, 1.807) is 0 Å². The highest BCUT2D eigenvalue weighted by Gasteiger charge is 2.15. The maximum absolute atomic E-state index is 11.9. The number of phenols is 6. The molecule has 31 heavy (non-hydrogen) atoms. The van der Waals surface area contributed by atoms with Gasteiger partial charge in [-0.1, -0.05) is 19.3 Å². The number of ether oxygens (including phenoxy) is 2. The molecule has 6 N–H and O–H groups in total. The van der Waals surface area contributed by atoms with Crippen molar-refractivity contribution >= 4 is 11.9 Å². The first-order valence-electron chi connectivity index (χ1n) is 9.54. The molecule has 10 nitrogen and oxygen atoms in total. The van der Waals surface area contributed by atoms with E-state index in [9.17, 15) is 40.2 Å². The molecule has 0 unspecified atom stereocenters. The molecule has 0 bridgehead atoms. The van der Waals surface area contributed by atoms with Gasteiger partial charge in [-0.25, -0.2) is 9.59 Å². The van der Waals surface area contributed by atoms with Crippen LogP contribution in [-0.2, 0) is 9.47 Å². The minimum absolute atomic E-state index is 0.0788. The Balaban J connectivity index is 1.58. The van der Waals surface area contributed by atoms with Gasteiger partial charge in [0.1, 0.15) is 0 Å². The topological polar surface area (TPSA) is 174 Å². The maximum atomic E-state index is 11.9. The van der Waals surface area contributed by atoms with Crippen LogP contribution in [0.15, 0.2) is 24.3 Å². The molecule has 0 atom stereocenters. The van der Waals surface area contributed by atoms with Gasteiger partial charge in [-0.2, -0.15) is 0 Å². The Kier molecular flexibility index (Phi) is 8.18. The lowest BCUT2D eigenvalue weighted by Gasteiger charge is -2.08. The number of benzene rings is 2. The third-order valence-corrected chi connectivity index (χ3v) is 4.37. The average molecular weight is 436 g/mol. The van der Waals surface area contributed by atoms with Crippen LogP contribution in [0.2, 0.25) is 0 Å². The lowest BCUT2D eigenvalue weighted by Crippen LogP contribution is -2.07. The van der Waals surface area contributed by atoms with Crippen LogP contribution in [0, 0.1) is 0 Å². The number of rotatable bonds is 10. The minimum Gasteiger partial charge on any atom is -0.504 e. The molecule has 0 aliphatic rings. The van der Waals surface area contributed by atoms with Crippen LogP contribution >= 0.6 is 0 Å². The Bertz CT molecular complexity index is 816. The summed E-state index contributed by atoms with van der Waals surface area (Å²) in [5.41, 5.74) is -0.158. The first-order valence-corrected chi connectivity index (χ1v) is 9.54. The molecule has 0 heterocycles. The number of carbonyl (C=O) groups is 2. The molecule has 0 aliphatic carbocycles. The largest absolute Gasteiger partial charge is 0.504 e. The molecule has 2 aromatic carbocycles. The fourth-order valence-electron chi connectivity index (χ4n) is 2.67. The Hall–Kier alpha value is -3.82. The van der Waals surface area contributed by atoms with Crippen molar-refractivity contribution < 1.29 is 49.7 Å².